The molecule has 10 N–H and O–H groups in total. The van der Waals surface area contributed by atoms with Crippen molar-refractivity contribution in [3.63, 3.8) is 0 Å². The molecule has 4 fully saturated rings. The number of benzene rings is 3. The second kappa shape index (κ2) is 23.4. The van der Waals surface area contributed by atoms with Crippen molar-refractivity contribution in [1.29, 1.82) is 0 Å². The van der Waals surface area contributed by atoms with Gasteiger partial charge in [0.05, 0.1) is 6.54 Å². The summed E-state index contributed by atoms with van der Waals surface area (Å²) in [5, 5.41) is 27.6. The minimum atomic E-state index is -0.904. The first-order chi connectivity index (χ1) is 32.9. The highest BCUT2D eigenvalue weighted by Crippen LogP contribution is 2.29. The summed E-state index contributed by atoms with van der Waals surface area (Å²) in [7, 11) is 0. The zero-order valence-electron chi connectivity index (χ0n) is 39.4. The van der Waals surface area contributed by atoms with Crippen molar-refractivity contribution in [2.24, 2.45) is 17.2 Å². The zero-order valence-corrected chi connectivity index (χ0v) is 39.4. The standard InChI is InChI=1S/C51H70N10O7/c1-35-40(51(66)61(67)44-16-10-25-55-50(44)65)14-9-15-43(35)56-36-24-27-60(33-36)48(64)19-6-4-2-3-5-18-47(63)58-30-28-57(29-31-58)37-20-22-38(23-21-37)59-26-11-12-39(34-59)68-46(49(53)54)32-42(52)41-13-7-8-17-45(41)62/h7-9,13-15,17,20-23,32,36,39,44,56,62,67H,2-6,10-12,16,18-19,24-31,33-34,52-54H2,1H3,(H,55,65)/b42-32-. The van der Waals surface area contributed by atoms with E-state index in [0.717, 1.165) is 88.1 Å². The van der Waals surface area contributed by atoms with Crippen molar-refractivity contribution in [1.82, 2.24) is 20.2 Å². The number of hydrogen-bond acceptors (Lipinski definition) is 13. The number of carbonyl (C=O) groups is 4. The average molecular weight is 935 g/mol. The maximum absolute atomic E-state index is 13.2. The summed E-state index contributed by atoms with van der Waals surface area (Å²) in [5.74, 6) is -0.241. The van der Waals surface area contributed by atoms with Gasteiger partial charge in [0.2, 0.25) is 17.7 Å². The second-order valence-corrected chi connectivity index (χ2v) is 18.5. The number of para-hydroxylation sites is 1. The lowest BCUT2D eigenvalue weighted by Gasteiger charge is -2.37. The van der Waals surface area contributed by atoms with Gasteiger partial charge in [-0.25, -0.2) is 5.06 Å². The number of ether oxygens (including phenoxy) is 1. The smallest absolute Gasteiger partial charge is 0.278 e. The van der Waals surface area contributed by atoms with E-state index in [2.05, 4.69) is 44.7 Å². The van der Waals surface area contributed by atoms with Crippen LogP contribution in [0.3, 0.4) is 0 Å². The van der Waals surface area contributed by atoms with Crippen molar-refractivity contribution in [3.05, 3.63) is 101 Å². The van der Waals surface area contributed by atoms with E-state index in [1.807, 2.05) is 22.8 Å². The Morgan fingerprint density at radius 1 is 0.765 bits per heavy atom. The number of allylic oxidation sites excluding steroid dienone is 1. The summed E-state index contributed by atoms with van der Waals surface area (Å²) in [6.45, 7) is 8.10. The molecule has 0 aromatic heterocycles. The number of nitrogens with one attached hydrogen (secondary N) is 2. The monoisotopic (exact) mass is 935 g/mol. The minimum absolute atomic E-state index is 0.0210. The second-order valence-electron chi connectivity index (χ2n) is 18.5. The van der Waals surface area contributed by atoms with Crippen molar-refractivity contribution in [2.45, 2.75) is 102 Å². The molecule has 4 heterocycles. The Balaban J connectivity index is 0.755. The molecule has 4 aliphatic rings. The van der Waals surface area contributed by atoms with Gasteiger partial charge >= 0.3 is 0 Å². The van der Waals surface area contributed by atoms with E-state index in [4.69, 9.17) is 21.9 Å². The van der Waals surface area contributed by atoms with Gasteiger partial charge in [0.1, 0.15) is 23.7 Å². The highest BCUT2D eigenvalue weighted by atomic mass is 16.5. The number of likely N-dealkylation sites (tertiary alicyclic amines) is 1. The molecular weight excluding hydrogens is 865 g/mol. The Labute approximate surface area is 399 Å². The van der Waals surface area contributed by atoms with Crippen molar-refractivity contribution < 1.29 is 34.2 Å². The zero-order chi connectivity index (χ0) is 48.2. The fourth-order valence-corrected chi connectivity index (χ4v) is 9.66. The van der Waals surface area contributed by atoms with E-state index in [1.165, 1.54) is 0 Å². The SMILES string of the molecule is Cc1c(NC2CCN(C(=O)CCCCCCCC(=O)N3CCN(c4ccc(N5CCCC(OC(/C=C(\N)c6ccccc6O)=C(N)N)C5)cc4)CC3)C2)cccc1C(=O)N(O)C1CCCNC1=O. The molecule has 3 aromatic carbocycles. The van der Waals surface area contributed by atoms with Crippen molar-refractivity contribution in [3.8, 4) is 5.75 Å². The van der Waals surface area contributed by atoms with Gasteiger partial charge in [-0.05, 0) is 106 Å². The molecule has 0 spiro atoms. The molecule has 3 aromatic rings. The highest BCUT2D eigenvalue weighted by Gasteiger charge is 2.33. The van der Waals surface area contributed by atoms with Crippen LogP contribution in [-0.4, -0.2) is 126 Å². The van der Waals surface area contributed by atoms with Crippen LogP contribution in [0.1, 0.15) is 98.5 Å². The normalized spacial score (nSPS) is 19.9. The van der Waals surface area contributed by atoms with Crippen molar-refractivity contribution in [2.75, 3.05) is 74.0 Å². The van der Waals surface area contributed by atoms with Crippen molar-refractivity contribution >= 4 is 46.4 Å². The number of carbonyl (C=O) groups excluding carboxylic acids is 4. The third-order valence-electron chi connectivity index (χ3n) is 13.7. The summed E-state index contributed by atoms with van der Waals surface area (Å²) in [6, 6.07) is 19.8. The fourth-order valence-electron chi connectivity index (χ4n) is 9.66. The number of unbranched alkanes of at least 4 members (excludes halogenated alkanes) is 4. The molecule has 0 radical (unpaired) electrons. The van der Waals surface area contributed by atoms with Gasteiger partial charge < -0.3 is 57.3 Å². The van der Waals surface area contributed by atoms with Crippen LogP contribution < -0.4 is 37.6 Å². The number of hydrogen-bond donors (Lipinski definition) is 7. The van der Waals surface area contributed by atoms with Crippen LogP contribution in [0.5, 0.6) is 5.75 Å². The summed E-state index contributed by atoms with van der Waals surface area (Å²) in [6.07, 6.45) is 10.7. The first-order valence-corrected chi connectivity index (χ1v) is 24.4. The number of phenols is 1. The topological polar surface area (TPSA) is 236 Å². The summed E-state index contributed by atoms with van der Waals surface area (Å²) in [5.41, 5.74) is 23.0. The number of rotatable bonds is 18. The Hall–Kier alpha value is -6.62. The number of phenolic OH excluding ortho intramolecular Hbond substituents is 1. The molecule has 7 rings (SSSR count). The molecule has 68 heavy (non-hydrogen) atoms. The summed E-state index contributed by atoms with van der Waals surface area (Å²) in [4.78, 5) is 60.1. The third kappa shape index (κ3) is 12.7. The van der Waals surface area contributed by atoms with Crippen LogP contribution in [0.25, 0.3) is 5.70 Å². The largest absolute Gasteiger partial charge is 0.507 e. The van der Waals surface area contributed by atoms with Crippen LogP contribution in [0.15, 0.2) is 84.4 Å². The Morgan fingerprint density at radius 2 is 1.43 bits per heavy atom. The predicted molar refractivity (Wildman–Crippen MR) is 263 cm³/mol. The van der Waals surface area contributed by atoms with Gasteiger partial charge in [-0.3, -0.25) is 24.4 Å². The van der Waals surface area contributed by atoms with E-state index in [0.29, 0.717) is 92.4 Å². The molecule has 0 saturated carbocycles. The molecule has 3 unspecified atom stereocenters. The van der Waals surface area contributed by atoms with E-state index < -0.39 is 11.9 Å². The van der Waals surface area contributed by atoms with Gasteiger partial charge in [-0.2, -0.15) is 0 Å². The lowest BCUT2D eigenvalue weighted by molar-refractivity contribution is -0.144. The minimum Gasteiger partial charge on any atom is -0.507 e. The molecule has 4 amide bonds. The Bertz CT molecular complexity index is 2290. The Kier molecular flexibility index (Phi) is 17.0. The summed E-state index contributed by atoms with van der Waals surface area (Å²) >= 11 is 0. The van der Waals surface area contributed by atoms with Crippen LogP contribution in [0.4, 0.5) is 17.1 Å². The quantitative estimate of drug-likeness (QED) is 0.0294. The van der Waals surface area contributed by atoms with Crippen LogP contribution in [0.2, 0.25) is 0 Å². The number of nitrogens with zero attached hydrogens (tertiary/aromatic N) is 5. The molecule has 0 bridgehead atoms. The lowest BCUT2D eigenvalue weighted by Crippen LogP contribution is -2.51. The van der Waals surface area contributed by atoms with Gasteiger partial charge in [-0.15, -0.1) is 0 Å². The molecule has 4 aliphatic heterocycles. The predicted octanol–water partition coefficient (Wildman–Crippen LogP) is 4.97. The number of piperidine rings is 2. The molecule has 17 heteroatoms. The number of amides is 4. The number of piperazine rings is 1. The molecule has 0 aliphatic carbocycles. The summed E-state index contributed by atoms with van der Waals surface area (Å²) < 4.78 is 6.27. The lowest BCUT2D eigenvalue weighted by atomic mass is 10.0. The molecule has 4 saturated heterocycles. The van der Waals surface area contributed by atoms with Gasteiger partial charge in [0, 0.05) is 111 Å². The maximum atomic E-state index is 13.2. The maximum Gasteiger partial charge on any atom is 0.278 e. The first kappa shape index (κ1) is 49.3. The van der Waals surface area contributed by atoms with Gasteiger partial charge in [0.25, 0.3) is 5.91 Å². The molecule has 17 nitrogen and oxygen atoms in total. The number of aromatic hydroxyl groups is 1. The number of hydroxylamine groups is 2. The number of nitrogens with two attached hydrogens (primary N) is 3. The van der Waals surface area contributed by atoms with E-state index >= 15 is 0 Å². The number of anilines is 3. The van der Waals surface area contributed by atoms with Crippen LogP contribution >= 0.6 is 0 Å². The van der Waals surface area contributed by atoms with E-state index in [1.54, 1.807) is 42.5 Å². The highest BCUT2D eigenvalue weighted by molar-refractivity contribution is 5.99. The van der Waals surface area contributed by atoms with Gasteiger partial charge in [-0.1, -0.05) is 37.5 Å². The van der Waals surface area contributed by atoms with Crippen LogP contribution in [-0.2, 0) is 19.1 Å². The fraction of sp³-hybridized carbons (Fsp3) is 0.490. The first-order valence-electron chi connectivity index (χ1n) is 24.4. The average Bonchev–Trinajstić information content (AvgIpc) is 3.82. The Morgan fingerprint density at radius 3 is 2.12 bits per heavy atom. The molecular formula is C51H70N10O7. The van der Waals surface area contributed by atoms with Gasteiger partial charge in [0.15, 0.2) is 5.76 Å². The van der Waals surface area contributed by atoms with E-state index in [9.17, 15) is 29.5 Å². The molecule has 3 atom stereocenters. The van der Waals surface area contributed by atoms with Crippen LogP contribution in [0, 0.1) is 6.92 Å². The van der Waals surface area contributed by atoms with E-state index in [-0.39, 0.29) is 47.2 Å². The third-order valence-corrected chi connectivity index (χ3v) is 13.7. The molecule has 366 valence electrons.